The first-order chi connectivity index (χ1) is 10.4. The van der Waals surface area contributed by atoms with Crippen LogP contribution in [0.25, 0.3) is 0 Å². The van der Waals surface area contributed by atoms with E-state index in [0.29, 0.717) is 6.04 Å². The van der Waals surface area contributed by atoms with Crippen molar-refractivity contribution in [3.05, 3.63) is 43.8 Å². The van der Waals surface area contributed by atoms with Crippen LogP contribution in [0.1, 0.15) is 59.5 Å². The third-order valence-corrected chi connectivity index (χ3v) is 6.35. The first kappa shape index (κ1) is 15.3. The van der Waals surface area contributed by atoms with Crippen molar-refractivity contribution in [1.29, 1.82) is 0 Å². The van der Waals surface area contributed by atoms with Crippen molar-refractivity contribution >= 4 is 22.7 Å². The van der Waals surface area contributed by atoms with Crippen molar-refractivity contribution in [2.24, 2.45) is 0 Å². The summed E-state index contributed by atoms with van der Waals surface area (Å²) in [6.45, 7) is 3.36. The van der Waals surface area contributed by atoms with Crippen molar-refractivity contribution in [2.75, 3.05) is 6.54 Å². The molecule has 3 rings (SSSR count). The van der Waals surface area contributed by atoms with E-state index >= 15 is 0 Å². The molecule has 1 N–H and O–H groups in total. The second kappa shape index (κ2) is 7.57. The molecule has 1 unspecified atom stereocenters. The second-order valence-electron chi connectivity index (χ2n) is 6.00. The Bertz CT molecular complexity index is 518. The van der Waals surface area contributed by atoms with Gasteiger partial charge in [-0.1, -0.05) is 13.3 Å². The van der Waals surface area contributed by atoms with Gasteiger partial charge < -0.3 is 5.32 Å². The van der Waals surface area contributed by atoms with Crippen LogP contribution >= 0.6 is 22.7 Å². The van der Waals surface area contributed by atoms with E-state index < -0.39 is 0 Å². The van der Waals surface area contributed by atoms with E-state index in [9.17, 15) is 0 Å². The Morgan fingerprint density at radius 1 is 1.24 bits per heavy atom. The molecule has 3 heteroatoms. The van der Waals surface area contributed by atoms with Crippen molar-refractivity contribution in [3.8, 4) is 0 Å². The Labute approximate surface area is 136 Å². The maximum Gasteiger partial charge on any atom is 0.0456 e. The highest BCUT2D eigenvalue weighted by Gasteiger charge is 2.18. The van der Waals surface area contributed by atoms with Crippen LogP contribution in [0.4, 0.5) is 0 Å². The monoisotopic (exact) mass is 319 g/mol. The van der Waals surface area contributed by atoms with Crippen LogP contribution in [0.3, 0.4) is 0 Å². The molecule has 0 aromatic carbocycles. The molecule has 1 atom stereocenters. The molecular weight excluding hydrogens is 294 g/mol. The number of hydrogen-bond donors (Lipinski definition) is 1. The van der Waals surface area contributed by atoms with E-state index in [0.717, 1.165) is 13.0 Å². The molecule has 21 heavy (non-hydrogen) atoms. The van der Waals surface area contributed by atoms with Crippen LogP contribution in [0, 0.1) is 0 Å². The third kappa shape index (κ3) is 3.97. The molecule has 1 aliphatic rings. The lowest BCUT2D eigenvalue weighted by Gasteiger charge is -2.16. The molecule has 0 saturated carbocycles. The summed E-state index contributed by atoms with van der Waals surface area (Å²) in [6.07, 6.45) is 9.09. The number of nitrogens with one attached hydrogen (secondary N) is 1. The van der Waals surface area contributed by atoms with E-state index in [1.165, 1.54) is 44.1 Å². The molecule has 1 aliphatic carbocycles. The van der Waals surface area contributed by atoms with Crippen LogP contribution < -0.4 is 5.32 Å². The number of aryl methyl sites for hydroxylation is 2. The minimum atomic E-state index is 0.497. The molecule has 0 bridgehead atoms. The topological polar surface area (TPSA) is 12.0 Å². The summed E-state index contributed by atoms with van der Waals surface area (Å²) < 4.78 is 0. The zero-order valence-corrected chi connectivity index (χ0v) is 14.5. The predicted molar refractivity (Wildman–Crippen MR) is 94.6 cm³/mol. The average molecular weight is 320 g/mol. The number of thiophene rings is 2. The zero-order valence-electron chi connectivity index (χ0n) is 12.9. The Morgan fingerprint density at radius 2 is 2.14 bits per heavy atom. The van der Waals surface area contributed by atoms with Crippen molar-refractivity contribution in [1.82, 2.24) is 5.32 Å². The van der Waals surface area contributed by atoms with Crippen LogP contribution in [0.5, 0.6) is 0 Å². The molecule has 2 heterocycles. The summed E-state index contributed by atoms with van der Waals surface area (Å²) in [5.41, 5.74) is 3.11. The molecular formula is C18H25NS2. The normalized spacial score (nSPS) is 16.4. The minimum absolute atomic E-state index is 0.497. The summed E-state index contributed by atoms with van der Waals surface area (Å²) in [4.78, 5) is 3.22. The van der Waals surface area contributed by atoms with Crippen molar-refractivity contribution < 1.29 is 0 Å². The van der Waals surface area contributed by atoms with E-state index in [1.54, 1.807) is 26.7 Å². The largest absolute Gasteiger partial charge is 0.309 e. The zero-order chi connectivity index (χ0) is 14.5. The smallest absolute Gasteiger partial charge is 0.0456 e. The van der Waals surface area contributed by atoms with Crippen LogP contribution in [0.15, 0.2) is 22.9 Å². The van der Waals surface area contributed by atoms with E-state index in [2.05, 4.69) is 46.5 Å². The SMILES string of the molecule is CCCNC(Cc1ccsc1)c1cc2c(s1)CCCCC2. The van der Waals surface area contributed by atoms with Gasteiger partial charge in [-0.3, -0.25) is 0 Å². The first-order valence-electron chi connectivity index (χ1n) is 8.22. The fraction of sp³-hybridized carbons (Fsp3) is 0.556. The van der Waals surface area contributed by atoms with Crippen molar-refractivity contribution in [3.63, 3.8) is 0 Å². The van der Waals surface area contributed by atoms with Crippen LogP contribution in [-0.4, -0.2) is 6.54 Å². The van der Waals surface area contributed by atoms with Crippen molar-refractivity contribution in [2.45, 2.75) is 57.9 Å². The summed E-state index contributed by atoms with van der Waals surface area (Å²) in [5.74, 6) is 0. The van der Waals surface area contributed by atoms with Gasteiger partial charge in [0.25, 0.3) is 0 Å². The van der Waals surface area contributed by atoms with Gasteiger partial charge in [0, 0.05) is 15.8 Å². The Kier molecular flexibility index (Phi) is 5.50. The van der Waals surface area contributed by atoms with E-state index in [4.69, 9.17) is 0 Å². The van der Waals surface area contributed by atoms with Crippen LogP contribution in [0.2, 0.25) is 0 Å². The van der Waals surface area contributed by atoms with Gasteiger partial charge in [0.05, 0.1) is 0 Å². The predicted octanol–water partition coefficient (Wildman–Crippen LogP) is 5.36. The van der Waals surface area contributed by atoms with Gasteiger partial charge in [-0.25, -0.2) is 0 Å². The Hall–Kier alpha value is -0.640. The standard InChI is InChI=1S/C18H25NS2/c1-2-9-19-16(11-14-8-10-20-13-14)18-12-15-6-4-3-5-7-17(15)21-18/h8,10,12-13,16,19H,2-7,9,11H2,1H3. The van der Waals surface area contributed by atoms with Gasteiger partial charge in [-0.15, -0.1) is 11.3 Å². The molecule has 0 amide bonds. The molecule has 2 aromatic heterocycles. The summed E-state index contributed by atoms with van der Waals surface area (Å²) in [5, 5.41) is 8.24. The maximum absolute atomic E-state index is 3.76. The first-order valence-corrected chi connectivity index (χ1v) is 9.98. The van der Waals surface area contributed by atoms with Gasteiger partial charge in [-0.05, 0) is 79.1 Å². The fourth-order valence-corrected chi connectivity index (χ4v) is 5.11. The molecule has 0 aliphatic heterocycles. The Balaban J connectivity index is 1.78. The minimum Gasteiger partial charge on any atom is -0.309 e. The highest BCUT2D eigenvalue weighted by molar-refractivity contribution is 7.12. The molecule has 0 radical (unpaired) electrons. The second-order valence-corrected chi connectivity index (χ2v) is 7.95. The number of hydrogen-bond acceptors (Lipinski definition) is 3. The molecule has 1 nitrogen and oxygen atoms in total. The number of rotatable bonds is 6. The lowest BCUT2D eigenvalue weighted by molar-refractivity contribution is 0.537. The molecule has 0 spiro atoms. The van der Waals surface area contributed by atoms with Gasteiger partial charge in [0.2, 0.25) is 0 Å². The Morgan fingerprint density at radius 3 is 2.95 bits per heavy atom. The van der Waals surface area contributed by atoms with E-state index in [-0.39, 0.29) is 0 Å². The lowest BCUT2D eigenvalue weighted by atomic mass is 10.1. The lowest BCUT2D eigenvalue weighted by Crippen LogP contribution is -2.23. The molecule has 114 valence electrons. The van der Waals surface area contributed by atoms with E-state index in [1.807, 2.05) is 0 Å². The summed E-state index contributed by atoms with van der Waals surface area (Å²) in [7, 11) is 0. The highest BCUT2D eigenvalue weighted by Crippen LogP contribution is 2.33. The molecule has 2 aromatic rings. The highest BCUT2D eigenvalue weighted by atomic mass is 32.1. The van der Waals surface area contributed by atoms with Gasteiger partial charge in [-0.2, -0.15) is 11.3 Å². The third-order valence-electron chi connectivity index (χ3n) is 4.27. The summed E-state index contributed by atoms with van der Waals surface area (Å²) >= 11 is 3.88. The fourth-order valence-electron chi connectivity index (χ4n) is 3.10. The van der Waals surface area contributed by atoms with Gasteiger partial charge in [0.1, 0.15) is 0 Å². The average Bonchev–Trinajstić information content (AvgIpc) is 3.09. The quantitative estimate of drug-likeness (QED) is 0.707. The maximum atomic E-state index is 3.76. The molecule has 0 fully saturated rings. The summed E-state index contributed by atoms with van der Waals surface area (Å²) in [6, 6.07) is 5.27. The molecule has 0 saturated heterocycles. The number of fused-ring (bicyclic) bond motifs is 1. The van der Waals surface area contributed by atoms with Gasteiger partial charge >= 0.3 is 0 Å². The van der Waals surface area contributed by atoms with Crippen LogP contribution in [-0.2, 0) is 19.3 Å². The van der Waals surface area contributed by atoms with Gasteiger partial charge in [0.15, 0.2) is 0 Å².